The number of epoxide rings is 1. The van der Waals surface area contributed by atoms with Gasteiger partial charge in [0.25, 0.3) is 0 Å². The molecule has 0 aromatic heterocycles. The summed E-state index contributed by atoms with van der Waals surface area (Å²) in [4.78, 5) is 0. The maximum absolute atomic E-state index is 9.60. The predicted octanol–water partition coefficient (Wildman–Crippen LogP) is 1.32. The molecule has 1 N–H and O–H groups in total. The zero-order valence-corrected chi connectivity index (χ0v) is 7.42. The van der Waals surface area contributed by atoms with E-state index in [0.29, 0.717) is 0 Å². The van der Waals surface area contributed by atoms with Crippen molar-refractivity contribution in [3.63, 3.8) is 0 Å². The van der Waals surface area contributed by atoms with Crippen LogP contribution in [0.25, 0.3) is 0 Å². The van der Waals surface area contributed by atoms with Gasteiger partial charge in [-0.05, 0) is 25.2 Å². The number of ether oxygens (including phenoxy) is 1. The Morgan fingerprint density at radius 1 is 1.36 bits per heavy atom. The molecule has 0 unspecified atom stereocenters. The fourth-order valence-corrected chi connectivity index (χ4v) is 2.58. The monoisotopic (exact) mass is 156 g/mol. The van der Waals surface area contributed by atoms with E-state index in [0.717, 1.165) is 12.8 Å². The Kier molecular flexibility index (Phi) is 1.24. The summed E-state index contributed by atoms with van der Waals surface area (Å²) in [6, 6.07) is 0. The van der Waals surface area contributed by atoms with Crippen LogP contribution in [0, 0.1) is 5.41 Å². The summed E-state index contributed by atoms with van der Waals surface area (Å²) in [5.74, 6) is 0. The van der Waals surface area contributed by atoms with Crippen LogP contribution in [-0.2, 0) is 4.74 Å². The van der Waals surface area contributed by atoms with Crippen molar-refractivity contribution in [2.45, 2.75) is 51.4 Å². The average Bonchev–Trinajstić information content (AvgIpc) is 2.36. The molecule has 1 aliphatic heterocycles. The molecular formula is C9H16O2. The largest absolute Gasteiger partial charge is 0.390 e. The number of fused-ring (bicyclic) bond motifs is 1. The number of rotatable bonds is 0. The first-order valence-corrected chi connectivity index (χ1v) is 4.29. The molecule has 1 heterocycles. The van der Waals surface area contributed by atoms with E-state index >= 15 is 0 Å². The van der Waals surface area contributed by atoms with E-state index in [1.165, 1.54) is 0 Å². The predicted molar refractivity (Wildman–Crippen MR) is 42.3 cm³/mol. The molecule has 2 heteroatoms. The van der Waals surface area contributed by atoms with Crippen LogP contribution in [0.3, 0.4) is 0 Å². The summed E-state index contributed by atoms with van der Waals surface area (Å²) in [5, 5.41) is 9.60. The molecule has 3 atom stereocenters. The number of hydrogen-bond acceptors (Lipinski definition) is 2. The molecule has 2 aliphatic rings. The molecule has 1 saturated carbocycles. The third kappa shape index (κ3) is 1.09. The van der Waals surface area contributed by atoms with E-state index in [1.807, 2.05) is 0 Å². The molecule has 11 heavy (non-hydrogen) atoms. The SMILES string of the molecule is CC1(C)C[C@@H](O)[C@@H]2O[C@]2(C)C1. The highest BCUT2D eigenvalue weighted by molar-refractivity contribution is 5.10. The molecule has 2 nitrogen and oxygen atoms in total. The van der Waals surface area contributed by atoms with Gasteiger partial charge in [0.1, 0.15) is 6.10 Å². The summed E-state index contributed by atoms with van der Waals surface area (Å²) in [6.07, 6.45) is 1.87. The smallest absolute Gasteiger partial charge is 0.113 e. The Labute approximate surface area is 67.6 Å². The van der Waals surface area contributed by atoms with Crippen LogP contribution < -0.4 is 0 Å². The van der Waals surface area contributed by atoms with Gasteiger partial charge < -0.3 is 9.84 Å². The van der Waals surface area contributed by atoms with Crippen molar-refractivity contribution in [3.05, 3.63) is 0 Å². The van der Waals surface area contributed by atoms with Gasteiger partial charge in [0.05, 0.1) is 11.7 Å². The van der Waals surface area contributed by atoms with Crippen LogP contribution >= 0.6 is 0 Å². The molecule has 1 aliphatic carbocycles. The number of aliphatic hydroxyl groups is 1. The van der Waals surface area contributed by atoms with Crippen LogP contribution in [0.15, 0.2) is 0 Å². The first-order chi connectivity index (χ1) is 4.93. The van der Waals surface area contributed by atoms with Crippen LogP contribution in [0.1, 0.15) is 33.6 Å². The summed E-state index contributed by atoms with van der Waals surface area (Å²) in [7, 11) is 0. The second kappa shape index (κ2) is 1.80. The van der Waals surface area contributed by atoms with Crippen LogP contribution in [-0.4, -0.2) is 22.9 Å². The van der Waals surface area contributed by atoms with Gasteiger partial charge in [-0.3, -0.25) is 0 Å². The van der Waals surface area contributed by atoms with E-state index in [2.05, 4.69) is 20.8 Å². The van der Waals surface area contributed by atoms with Crippen molar-refractivity contribution < 1.29 is 9.84 Å². The van der Waals surface area contributed by atoms with Crippen molar-refractivity contribution >= 4 is 0 Å². The molecular weight excluding hydrogens is 140 g/mol. The highest BCUT2D eigenvalue weighted by Gasteiger charge is 2.61. The molecule has 0 amide bonds. The highest BCUT2D eigenvalue weighted by Crippen LogP contribution is 2.53. The van der Waals surface area contributed by atoms with Crippen molar-refractivity contribution in [2.75, 3.05) is 0 Å². The second-order valence-corrected chi connectivity index (χ2v) is 4.96. The van der Waals surface area contributed by atoms with Crippen LogP contribution in [0.2, 0.25) is 0 Å². The van der Waals surface area contributed by atoms with Crippen LogP contribution in [0.5, 0.6) is 0 Å². The van der Waals surface area contributed by atoms with Gasteiger partial charge in [-0.25, -0.2) is 0 Å². The zero-order chi connectivity index (χ0) is 8.28. The first-order valence-electron chi connectivity index (χ1n) is 4.29. The second-order valence-electron chi connectivity index (χ2n) is 4.96. The molecule has 0 aromatic rings. The Hall–Kier alpha value is -0.0800. The lowest BCUT2D eigenvalue weighted by atomic mass is 9.71. The minimum absolute atomic E-state index is 0.00116. The average molecular weight is 156 g/mol. The lowest BCUT2D eigenvalue weighted by Crippen LogP contribution is -2.37. The topological polar surface area (TPSA) is 32.8 Å². The zero-order valence-electron chi connectivity index (χ0n) is 7.42. The fraction of sp³-hybridized carbons (Fsp3) is 1.00. The van der Waals surface area contributed by atoms with Gasteiger partial charge in [-0.15, -0.1) is 0 Å². The van der Waals surface area contributed by atoms with Gasteiger partial charge in [0, 0.05) is 0 Å². The van der Waals surface area contributed by atoms with E-state index < -0.39 is 0 Å². The summed E-state index contributed by atoms with van der Waals surface area (Å²) < 4.78 is 5.46. The van der Waals surface area contributed by atoms with E-state index in [4.69, 9.17) is 4.74 Å². The van der Waals surface area contributed by atoms with E-state index in [1.54, 1.807) is 0 Å². The molecule has 64 valence electrons. The maximum Gasteiger partial charge on any atom is 0.113 e. The quantitative estimate of drug-likeness (QED) is 0.537. The maximum atomic E-state index is 9.60. The third-order valence-corrected chi connectivity index (χ3v) is 2.88. The summed E-state index contributed by atoms with van der Waals surface area (Å²) in [6.45, 7) is 6.49. The van der Waals surface area contributed by atoms with Crippen molar-refractivity contribution in [2.24, 2.45) is 5.41 Å². The molecule has 2 rings (SSSR count). The minimum atomic E-state index is -0.233. The Balaban J connectivity index is 2.15. The molecule has 0 aromatic carbocycles. The molecule has 0 spiro atoms. The summed E-state index contributed by atoms with van der Waals surface area (Å²) in [5.41, 5.74) is 0.252. The third-order valence-electron chi connectivity index (χ3n) is 2.88. The normalized spacial score (nSPS) is 53.5. The van der Waals surface area contributed by atoms with Gasteiger partial charge in [-0.2, -0.15) is 0 Å². The Morgan fingerprint density at radius 2 is 2.00 bits per heavy atom. The van der Waals surface area contributed by atoms with E-state index in [9.17, 15) is 5.11 Å². The standard InChI is InChI=1S/C9H16O2/c1-8(2)4-6(10)7-9(3,5-8)11-7/h6-7,10H,4-5H2,1-3H3/t6-,7+,9-/m1/s1. The summed E-state index contributed by atoms with van der Waals surface area (Å²) >= 11 is 0. The fourth-order valence-electron chi connectivity index (χ4n) is 2.58. The lowest BCUT2D eigenvalue weighted by Gasteiger charge is -2.33. The van der Waals surface area contributed by atoms with Gasteiger partial charge in [0.2, 0.25) is 0 Å². The van der Waals surface area contributed by atoms with Gasteiger partial charge >= 0.3 is 0 Å². The lowest BCUT2D eigenvalue weighted by molar-refractivity contribution is 0.0705. The van der Waals surface area contributed by atoms with Crippen LogP contribution in [0.4, 0.5) is 0 Å². The molecule has 0 bridgehead atoms. The number of aliphatic hydroxyl groups excluding tert-OH is 1. The molecule has 0 radical (unpaired) electrons. The molecule has 2 fully saturated rings. The van der Waals surface area contributed by atoms with Crippen molar-refractivity contribution in [1.82, 2.24) is 0 Å². The minimum Gasteiger partial charge on any atom is -0.390 e. The molecule has 1 saturated heterocycles. The van der Waals surface area contributed by atoms with Gasteiger partial charge in [-0.1, -0.05) is 13.8 Å². The first kappa shape index (κ1) is 7.56. The Morgan fingerprint density at radius 3 is 2.55 bits per heavy atom. The van der Waals surface area contributed by atoms with Crippen molar-refractivity contribution in [1.29, 1.82) is 0 Å². The van der Waals surface area contributed by atoms with E-state index in [-0.39, 0.29) is 23.2 Å². The highest BCUT2D eigenvalue weighted by atomic mass is 16.6. The Bertz CT molecular complexity index is 185. The van der Waals surface area contributed by atoms with Gasteiger partial charge in [0.15, 0.2) is 0 Å². The number of hydrogen-bond donors (Lipinski definition) is 1. The van der Waals surface area contributed by atoms with Crippen molar-refractivity contribution in [3.8, 4) is 0 Å².